The van der Waals surface area contributed by atoms with Gasteiger partial charge in [-0.15, -0.1) is 0 Å². The molecule has 1 saturated heterocycles. The number of halogens is 1. The van der Waals surface area contributed by atoms with Crippen molar-refractivity contribution in [3.05, 3.63) is 28.2 Å². The molecule has 1 heterocycles. The molecule has 2 rings (SSSR count). The lowest BCUT2D eigenvalue weighted by atomic mass is 10.1. The molecule has 20 heavy (non-hydrogen) atoms. The SMILES string of the molecule is Cc1cc(NC(=O)N2CCCC2CC(=O)O)ccc1Br. The number of carboxylic acids is 1. The molecular weight excluding hydrogens is 324 g/mol. The fourth-order valence-electron chi connectivity index (χ4n) is 2.43. The number of carbonyl (C=O) groups excluding carboxylic acids is 1. The fraction of sp³-hybridized carbons (Fsp3) is 0.429. The van der Waals surface area contributed by atoms with E-state index in [1.807, 2.05) is 25.1 Å². The van der Waals surface area contributed by atoms with Crippen LogP contribution in [0.1, 0.15) is 24.8 Å². The summed E-state index contributed by atoms with van der Waals surface area (Å²) in [5.41, 5.74) is 1.75. The normalized spacial score (nSPS) is 18.1. The largest absolute Gasteiger partial charge is 0.481 e. The number of nitrogens with zero attached hydrogens (tertiary/aromatic N) is 1. The number of aryl methyl sites for hydroxylation is 1. The van der Waals surface area contributed by atoms with E-state index < -0.39 is 5.97 Å². The topological polar surface area (TPSA) is 69.6 Å². The summed E-state index contributed by atoms with van der Waals surface area (Å²) in [5, 5.41) is 11.7. The maximum absolute atomic E-state index is 12.2. The Hall–Kier alpha value is -1.56. The number of hydrogen-bond acceptors (Lipinski definition) is 2. The Morgan fingerprint density at radius 2 is 2.25 bits per heavy atom. The van der Waals surface area contributed by atoms with Gasteiger partial charge in [0.05, 0.1) is 6.42 Å². The highest BCUT2D eigenvalue weighted by molar-refractivity contribution is 9.10. The van der Waals surface area contributed by atoms with E-state index in [1.165, 1.54) is 0 Å². The summed E-state index contributed by atoms with van der Waals surface area (Å²) in [6.45, 7) is 2.56. The van der Waals surface area contributed by atoms with Crippen LogP contribution in [0.5, 0.6) is 0 Å². The maximum Gasteiger partial charge on any atom is 0.322 e. The fourth-order valence-corrected chi connectivity index (χ4v) is 2.68. The van der Waals surface area contributed by atoms with Crippen LogP contribution < -0.4 is 5.32 Å². The molecule has 2 N–H and O–H groups in total. The lowest BCUT2D eigenvalue weighted by Crippen LogP contribution is -2.39. The number of anilines is 1. The Morgan fingerprint density at radius 1 is 1.50 bits per heavy atom. The zero-order valence-electron chi connectivity index (χ0n) is 11.2. The van der Waals surface area contributed by atoms with Gasteiger partial charge in [-0.25, -0.2) is 4.79 Å². The van der Waals surface area contributed by atoms with Crippen LogP contribution in [0.3, 0.4) is 0 Å². The van der Waals surface area contributed by atoms with Crippen molar-refractivity contribution in [2.75, 3.05) is 11.9 Å². The number of carboxylic acid groups (broad SMARTS) is 1. The first-order valence-corrected chi connectivity index (χ1v) is 7.32. The summed E-state index contributed by atoms with van der Waals surface area (Å²) in [4.78, 5) is 24.6. The Morgan fingerprint density at radius 3 is 2.90 bits per heavy atom. The van der Waals surface area contributed by atoms with Gasteiger partial charge in [0.2, 0.25) is 0 Å². The summed E-state index contributed by atoms with van der Waals surface area (Å²) >= 11 is 3.41. The van der Waals surface area contributed by atoms with Crippen LogP contribution in [-0.2, 0) is 4.79 Å². The summed E-state index contributed by atoms with van der Waals surface area (Å²) in [5.74, 6) is -0.866. The third kappa shape index (κ3) is 3.50. The number of hydrogen-bond donors (Lipinski definition) is 2. The molecule has 1 aromatic rings. The van der Waals surface area contributed by atoms with Gasteiger partial charge in [0.15, 0.2) is 0 Å². The number of rotatable bonds is 3. The Bertz CT molecular complexity index is 533. The lowest BCUT2D eigenvalue weighted by Gasteiger charge is -2.24. The number of amides is 2. The van der Waals surface area contributed by atoms with Crippen molar-refractivity contribution in [2.24, 2.45) is 0 Å². The van der Waals surface area contributed by atoms with Gasteiger partial charge in [0, 0.05) is 22.7 Å². The molecule has 1 fully saturated rings. The molecule has 0 aliphatic carbocycles. The molecule has 0 bridgehead atoms. The van der Waals surface area contributed by atoms with Crippen molar-refractivity contribution in [1.29, 1.82) is 0 Å². The second-order valence-corrected chi connectivity index (χ2v) is 5.84. The van der Waals surface area contributed by atoms with Gasteiger partial charge in [-0.05, 0) is 43.5 Å². The zero-order chi connectivity index (χ0) is 14.7. The van der Waals surface area contributed by atoms with Gasteiger partial charge in [0.1, 0.15) is 0 Å². The minimum Gasteiger partial charge on any atom is -0.481 e. The molecule has 1 aliphatic heterocycles. The minimum atomic E-state index is -0.866. The van der Waals surface area contributed by atoms with Gasteiger partial charge >= 0.3 is 12.0 Å². The van der Waals surface area contributed by atoms with E-state index in [9.17, 15) is 9.59 Å². The molecule has 5 nitrogen and oxygen atoms in total. The molecule has 1 atom stereocenters. The lowest BCUT2D eigenvalue weighted by molar-refractivity contribution is -0.137. The van der Waals surface area contributed by atoms with E-state index in [-0.39, 0.29) is 18.5 Å². The van der Waals surface area contributed by atoms with Crippen LogP contribution in [0.15, 0.2) is 22.7 Å². The van der Waals surface area contributed by atoms with Crippen LogP contribution >= 0.6 is 15.9 Å². The number of benzene rings is 1. The van der Waals surface area contributed by atoms with Gasteiger partial charge in [-0.2, -0.15) is 0 Å². The summed E-state index contributed by atoms with van der Waals surface area (Å²) < 4.78 is 0.987. The molecule has 108 valence electrons. The van der Waals surface area contributed by atoms with Gasteiger partial charge in [0.25, 0.3) is 0 Å². The van der Waals surface area contributed by atoms with Crippen molar-refractivity contribution in [3.8, 4) is 0 Å². The van der Waals surface area contributed by atoms with Crippen molar-refractivity contribution in [2.45, 2.75) is 32.2 Å². The number of likely N-dealkylation sites (tertiary alicyclic amines) is 1. The van der Waals surface area contributed by atoms with Crippen LogP contribution in [0.2, 0.25) is 0 Å². The van der Waals surface area contributed by atoms with E-state index in [0.717, 1.165) is 28.6 Å². The molecule has 1 unspecified atom stereocenters. The monoisotopic (exact) mass is 340 g/mol. The predicted molar refractivity (Wildman–Crippen MR) is 79.9 cm³/mol. The molecule has 2 amide bonds. The van der Waals surface area contributed by atoms with E-state index >= 15 is 0 Å². The third-order valence-electron chi connectivity index (χ3n) is 3.46. The summed E-state index contributed by atoms with van der Waals surface area (Å²) in [7, 11) is 0. The predicted octanol–water partition coefficient (Wildman–Crippen LogP) is 3.23. The molecule has 6 heteroatoms. The second kappa shape index (κ2) is 6.26. The van der Waals surface area contributed by atoms with E-state index in [4.69, 9.17) is 5.11 Å². The number of aliphatic carboxylic acids is 1. The Labute approximate surface area is 126 Å². The van der Waals surface area contributed by atoms with E-state index in [0.29, 0.717) is 6.54 Å². The molecular formula is C14H17BrN2O3. The molecule has 0 radical (unpaired) electrons. The van der Waals surface area contributed by atoms with Gasteiger partial charge in [-0.3, -0.25) is 4.79 Å². The minimum absolute atomic E-state index is 0.00673. The summed E-state index contributed by atoms with van der Waals surface area (Å²) in [6.07, 6.45) is 1.61. The number of urea groups is 1. The average Bonchev–Trinajstić information content (AvgIpc) is 2.81. The summed E-state index contributed by atoms with van der Waals surface area (Å²) in [6, 6.07) is 5.14. The highest BCUT2D eigenvalue weighted by Crippen LogP contribution is 2.23. The van der Waals surface area contributed by atoms with Crippen LogP contribution in [0.25, 0.3) is 0 Å². The highest BCUT2D eigenvalue weighted by atomic mass is 79.9. The number of carbonyl (C=O) groups is 2. The number of nitrogens with one attached hydrogen (secondary N) is 1. The van der Waals surface area contributed by atoms with Crippen molar-refractivity contribution in [3.63, 3.8) is 0 Å². The quantitative estimate of drug-likeness (QED) is 0.887. The standard InChI is InChI=1S/C14H17BrN2O3/c1-9-7-10(4-5-12(9)15)16-14(20)17-6-2-3-11(17)8-13(18)19/h4-5,7,11H,2-3,6,8H2,1H3,(H,16,20)(H,18,19). The smallest absolute Gasteiger partial charge is 0.322 e. The van der Waals surface area contributed by atoms with Gasteiger partial charge in [-0.1, -0.05) is 15.9 Å². The maximum atomic E-state index is 12.2. The van der Waals surface area contributed by atoms with Crippen molar-refractivity contribution >= 4 is 33.6 Å². The Balaban J connectivity index is 2.03. The van der Waals surface area contributed by atoms with Crippen molar-refractivity contribution in [1.82, 2.24) is 4.90 Å². The molecule has 1 aliphatic rings. The van der Waals surface area contributed by atoms with E-state index in [1.54, 1.807) is 4.90 Å². The third-order valence-corrected chi connectivity index (χ3v) is 4.35. The first-order chi connectivity index (χ1) is 9.47. The van der Waals surface area contributed by atoms with Crippen LogP contribution in [0.4, 0.5) is 10.5 Å². The second-order valence-electron chi connectivity index (χ2n) is 4.98. The van der Waals surface area contributed by atoms with Crippen LogP contribution in [0, 0.1) is 6.92 Å². The van der Waals surface area contributed by atoms with E-state index in [2.05, 4.69) is 21.2 Å². The average molecular weight is 341 g/mol. The zero-order valence-corrected chi connectivity index (χ0v) is 12.8. The molecule has 0 spiro atoms. The van der Waals surface area contributed by atoms with Crippen LogP contribution in [-0.4, -0.2) is 34.6 Å². The van der Waals surface area contributed by atoms with Gasteiger partial charge < -0.3 is 15.3 Å². The first-order valence-electron chi connectivity index (χ1n) is 6.53. The molecule has 1 aromatic carbocycles. The molecule has 0 saturated carbocycles. The Kier molecular flexibility index (Phi) is 4.65. The molecule has 0 aromatic heterocycles. The first kappa shape index (κ1) is 14.8. The highest BCUT2D eigenvalue weighted by Gasteiger charge is 2.30. The van der Waals surface area contributed by atoms with Crippen molar-refractivity contribution < 1.29 is 14.7 Å².